The molecule has 23 heavy (non-hydrogen) atoms. The van der Waals surface area contributed by atoms with E-state index in [0.717, 1.165) is 22.7 Å². The van der Waals surface area contributed by atoms with Gasteiger partial charge in [-0.25, -0.2) is 0 Å². The predicted octanol–water partition coefficient (Wildman–Crippen LogP) is 2.76. The molecule has 1 aromatic rings. The molecule has 1 aliphatic rings. The van der Waals surface area contributed by atoms with Gasteiger partial charge in [-0.3, -0.25) is 24.6 Å². The highest BCUT2D eigenvalue weighted by atomic mass is 32.2. The van der Waals surface area contributed by atoms with Crippen LogP contribution in [0, 0.1) is 10.1 Å². The molecule has 2 rings (SSSR count). The number of carbonyl (C=O) groups excluding carboxylic acids is 2. The van der Waals surface area contributed by atoms with Crippen LogP contribution in [0.25, 0.3) is 6.08 Å². The molecule has 1 N–H and O–H groups in total. The van der Waals surface area contributed by atoms with Gasteiger partial charge in [-0.1, -0.05) is 0 Å². The zero-order valence-corrected chi connectivity index (χ0v) is 13.3. The number of imide groups is 1. The van der Waals surface area contributed by atoms with Crippen LogP contribution in [0.5, 0.6) is 11.5 Å². The number of rotatable bonds is 5. The molecule has 9 heteroatoms. The SMILES string of the molecule is CCOc1cc(/C=C2/SC(=O)N(CC)C2=O)cc([N+](=O)[O-])c1O. The van der Waals surface area contributed by atoms with E-state index >= 15 is 0 Å². The first-order valence-electron chi connectivity index (χ1n) is 6.78. The topological polar surface area (TPSA) is 110 Å². The Labute approximate surface area is 135 Å². The van der Waals surface area contributed by atoms with Gasteiger partial charge in [-0.05, 0) is 43.3 Å². The minimum Gasteiger partial charge on any atom is -0.500 e. The fourth-order valence-electron chi connectivity index (χ4n) is 2.03. The van der Waals surface area contributed by atoms with Crippen molar-refractivity contribution in [1.29, 1.82) is 0 Å². The Kier molecular flexibility index (Phi) is 4.89. The Morgan fingerprint density at radius 3 is 2.61 bits per heavy atom. The van der Waals surface area contributed by atoms with Gasteiger partial charge in [0.05, 0.1) is 16.4 Å². The molecule has 0 atom stereocenters. The van der Waals surface area contributed by atoms with Crippen molar-refractivity contribution in [3.05, 3.63) is 32.7 Å². The number of amides is 2. The lowest BCUT2D eigenvalue weighted by atomic mass is 10.1. The number of nitrogens with zero attached hydrogens (tertiary/aromatic N) is 2. The molecule has 8 nitrogen and oxygen atoms in total. The molecule has 0 unspecified atom stereocenters. The highest BCUT2D eigenvalue weighted by Crippen LogP contribution is 2.39. The summed E-state index contributed by atoms with van der Waals surface area (Å²) in [5.41, 5.74) is -0.239. The summed E-state index contributed by atoms with van der Waals surface area (Å²) in [5.74, 6) is -1.07. The summed E-state index contributed by atoms with van der Waals surface area (Å²) in [6.45, 7) is 3.81. The lowest BCUT2D eigenvalue weighted by Gasteiger charge is -2.08. The third-order valence-electron chi connectivity index (χ3n) is 3.06. The first kappa shape index (κ1) is 16.8. The standard InChI is InChI=1S/C14H14N2O6S/c1-3-15-13(18)11(23-14(15)19)7-8-5-9(16(20)21)12(17)10(6-8)22-4-2/h5-7,17H,3-4H2,1-2H3/b11-7+. The van der Waals surface area contributed by atoms with Crippen molar-refractivity contribution in [3.63, 3.8) is 0 Å². The van der Waals surface area contributed by atoms with Crippen LogP contribution in [-0.2, 0) is 4.79 Å². The summed E-state index contributed by atoms with van der Waals surface area (Å²) in [4.78, 5) is 35.2. The monoisotopic (exact) mass is 338 g/mol. The zero-order chi connectivity index (χ0) is 17.1. The lowest BCUT2D eigenvalue weighted by Crippen LogP contribution is -2.27. The Morgan fingerprint density at radius 2 is 2.09 bits per heavy atom. The van der Waals surface area contributed by atoms with E-state index in [9.17, 15) is 24.8 Å². The van der Waals surface area contributed by atoms with E-state index in [1.54, 1.807) is 13.8 Å². The third kappa shape index (κ3) is 3.29. The van der Waals surface area contributed by atoms with Crippen molar-refractivity contribution < 1.29 is 24.4 Å². The summed E-state index contributed by atoms with van der Waals surface area (Å²) in [6, 6.07) is 2.50. The number of likely N-dealkylation sites (N-methyl/N-ethyl adjacent to an activating group) is 1. The number of thioether (sulfide) groups is 1. The molecular formula is C14H14N2O6S. The van der Waals surface area contributed by atoms with E-state index in [4.69, 9.17) is 4.74 Å². The van der Waals surface area contributed by atoms with E-state index in [-0.39, 0.29) is 29.0 Å². The molecule has 0 saturated carbocycles. The smallest absolute Gasteiger partial charge is 0.315 e. The molecule has 0 radical (unpaired) electrons. The highest BCUT2D eigenvalue weighted by Gasteiger charge is 2.34. The van der Waals surface area contributed by atoms with Gasteiger partial charge in [0.2, 0.25) is 5.75 Å². The first-order valence-corrected chi connectivity index (χ1v) is 7.60. The minimum atomic E-state index is -0.743. The molecule has 1 aromatic carbocycles. The number of nitro groups is 1. The second-order valence-electron chi connectivity index (χ2n) is 4.50. The van der Waals surface area contributed by atoms with E-state index in [1.807, 2.05) is 0 Å². The van der Waals surface area contributed by atoms with E-state index in [0.29, 0.717) is 5.56 Å². The maximum atomic E-state index is 12.0. The molecule has 0 aliphatic carbocycles. The number of ether oxygens (including phenoxy) is 1. The summed E-state index contributed by atoms with van der Waals surface area (Å²) < 4.78 is 5.17. The van der Waals surface area contributed by atoms with Crippen LogP contribution < -0.4 is 4.74 Å². The predicted molar refractivity (Wildman–Crippen MR) is 84.3 cm³/mol. The summed E-state index contributed by atoms with van der Waals surface area (Å²) >= 11 is 0.764. The van der Waals surface area contributed by atoms with Crippen LogP contribution in [0.3, 0.4) is 0 Å². The van der Waals surface area contributed by atoms with Crippen LogP contribution in [0.2, 0.25) is 0 Å². The van der Waals surface area contributed by atoms with Crippen molar-refractivity contribution in [2.24, 2.45) is 0 Å². The number of hydrogen-bond acceptors (Lipinski definition) is 7. The second kappa shape index (κ2) is 6.69. The molecule has 0 bridgehead atoms. The summed E-state index contributed by atoms with van der Waals surface area (Å²) in [6.07, 6.45) is 1.37. The van der Waals surface area contributed by atoms with Gasteiger partial charge in [0.15, 0.2) is 5.75 Å². The maximum absolute atomic E-state index is 12.0. The van der Waals surface area contributed by atoms with Crippen LogP contribution in [-0.4, -0.2) is 39.2 Å². The molecule has 0 aromatic heterocycles. The molecule has 1 heterocycles. The molecule has 2 amide bonds. The van der Waals surface area contributed by atoms with E-state index in [1.165, 1.54) is 12.1 Å². The van der Waals surface area contributed by atoms with E-state index < -0.39 is 22.3 Å². The number of benzene rings is 1. The zero-order valence-electron chi connectivity index (χ0n) is 12.4. The average molecular weight is 338 g/mol. The third-order valence-corrected chi connectivity index (χ3v) is 3.97. The molecule has 1 saturated heterocycles. The van der Waals surface area contributed by atoms with Gasteiger partial charge >= 0.3 is 5.69 Å². The van der Waals surface area contributed by atoms with Gasteiger partial charge in [0.1, 0.15) is 0 Å². The number of hydrogen-bond donors (Lipinski definition) is 1. The fraction of sp³-hybridized carbons (Fsp3) is 0.286. The number of aromatic hydroxyl groups is 1. The van der Waals surface area contributed by atoms with Gasteiger partial charge in [0, 0.05) is 12.6 Å². The van der Waals surface area contributed by atoms with Crippen molar-refractivity contribution >= 4 is 34.7 Å². The Bertz CT molecular complexity index is 715. The molecule has 1 fully saturated rings. The number of phenols is 1. The van der Waals surface area contributed by atoms with Crippen LogP contribution in [0.15, 0.2) is 17.0 Å². The Morgan fingerprint density at radius 1 is 1.39 bits per heavy atom. The molecule has 0 spiro atoms. The fourth-order valence-corrected chi connectivity index (χ4v) is 2.93. The van der Waals surface area contributed by atoms with Crippen molar-refractivity contribution in [2.45, 2.75) is 13.8 Å². The van der Waals surface area contributed by atoms with Crippen LogP contribution in [0.1, 0.15) is 19.4 Å². The van der Waals surface area contributed by atoms with Crippen molar-refractivity contribution in [2.75, 3.05) is 13.2 Å². The largest absolute Gasteiger partial charge is 0.500 e. The molecule has 122 valence electrons. The Balaban J connectivity index is 2.48. The first-order chi connectivity index (χ1) is 10.9. The summed E-state index contributed by atoms with van der Waals surface area (Å²) in [7, 11) is 0. The van der Waals surface area contributed by atoms with Crippen molar-refractivity contribution in [3.8, 4) is 11.5 Å². The normalized spacial score (nSPS) is 16.3. The number of carbonyl (C=O) groups is 2. The van der Waals surface area contributed by atoms with Gasteiger partial charge < -0.3 is 9.84 Å². The second-order valence-corrected chi connectivity index (χ2v) is 5.50. The average Bonchev–Trinajstić information content (AvgIpc) is 2.76. The van der Waals surface area contributed by atoms with Crippen LogP contribution >= 0.6 is 11.8 Å². The Hall–Kier alpha value is -2.55. The van der Waals surface area contributed by atoms with Gasteiger partial charge in [-0.2, -0.15) is 0 Å². The number of nitro benzene ring substituents is 1. The quantitative estimate of drug-likeness (QED) is 0.499. The lowest BCUT2D eigenvalue weighted by molar-refractivity contribution is -0.386. The minimum absolute atomic E-state index is 0.0531. The van der Waals surface area contributed by atoms with Crippen molar-refractivity contribution in [1.82, 2.24) is 4.90 Å². The number of phenolic OH excluding ortho intramolecular Hbond substituents is 1. The van der Waals surface area contributed by atoms with Gasteiger partial charge in [-0.15, -0.1) is 0 Å². The van der Waals surface area contributed by atoms with Crippen LogP contribution in [0.4, 0.5) is 10.5 Å². The summed E-state index contributed by atoms with van der Waals surface area (Å²) in [5, 5.41) is 20.5. The molecular weight excluding hydrogens is 324 g/mol. The highest BCUT2D eigenvalue weighted by molar-refractivity contribution is 8.18. The van der Waals surface area contributed by atoms with Gasteiger partial charge in [0.25, 0.3) is 11.1 Å². The maximum Gasteiger partial charge on any atom is 0.315 e. The van der Waals surface area contributed by atoms with E-state index in [2.05, 4.69) is 0 Å². The molecule has 1 aliphatic heterocycles.